The van der Waals surface area contributed by atoms with Gasteiger partial charge in [0.15, 0.2) is 6.61 Å². The van der Waals surface area contributed by atoms with E-state index in [9.17, 15) is 9.59 Å². The lowest BCUT2D eigenvalue weighted by Crippen LogP contribution is -2.26. The molecule has 0 saturated heterocycles. The number of nitrogens with one attached hydrogen (secondary N) is 2. The van der Waals surface area contributed by atoms with Gasteiger partial charge in [-0.2, -0.15) is 0 Å². The van der Waals surface area contributed by atoms with Gasteiger partial charge < -0.3 is 15.4 Å². The average Bonchev–Trinajstić information content (AvgIpc) is 2.61. The molecule has 5 nitrogen and oxygen atoms in total. The second kappa shape index (κ2) is 8.76. The van der Waals surface area contributed by atoms with Crippen molar-refractivity contribution in [2.75, 3.05) is 18.5 Å². The van der Waals surface area contributed by atoms with Gasteiger partial charge in [-0.05, 0) is 42.8 Å². The number of carbonyl (C=O) groups excluding carboxylic acids is 2. The molecule has 0 heterocycles. The van der Waals surface area contributed by atoms with Crippen LogP contribution in [-0.2, 0) is 4.79 Å². The predicted molar refractivity (Wildman–Crippen MR) is 97.9 cm³/mol. The molecule has 0 radical (unpaired) electrons. The molecule has 25 heavy (non-hydrogen) atoms. The summed E-state index contributed by atoms with van der Waals surface area (Å²) in [6.07, 6.45) is 5.13. The van der Waals surface area contributed by atoms with Crippen molar-refractivity contribution in [1.29, 1.82) is 0 Å². The van der Waals surface area contributed by atoms with Crippen LogP contribution in [0.3, 0.4) is 0 Å². The molecule has 128 valence electrons. The molecule has 0 aliphatic heterocycles. The lowest BCUT2D eigenvalue weighted by Gasteiger charge is -2.11. The van der Waals surface area contributed by atoms with Crippen molar-refractivity contribution >= 4 is 29.1 Å². The summed E-state index contributed by atoms with van der Waals surface area (Å²) >= 11 is 5.95. The summed E-state index contributed by atoms with van der Waals surface area (Å²) in [6, 6.07) is 11.8. The van der Waals surface area contributed by atoms with E-state index in [1.54, 1.807) is 42.5 Å². The van der Waals surface area contributed by atoms with E-state index in [0.717, 1.165) is 5.56 Å². The maximum Gasteiger partial charge on any atom is 0.262 e. The first-order chi connectivity index (χ1) is 12.0. The number of anilines is 1. The van der Waals surface area contributed by atoms with Crippen LogP contribution in [0.15, 0.2) is 42.5 Å². The number of hydrogen-bond donors (Lipinski definition) is 2. The highest BCUT2D eigenvalue weighted by molar-refractivity contribution is 6.31. The number of para-hydroxylation sites is 1. The lowest BCUT2D eigenvalue weighted by molar-refractivity contribution is -0.118. The van der Waals surface area contributed by atoms with E-state index in [1.807, 2.05) is 6.92 Å². The Morgan fingerprint density at radius 2 is 2.00 bits per heavy atom. The number of carbonyl (C=O) groups is 2. The SMILES string of the molecule is C#CCNC(=O)c1ccccc1NC(=O)COc1ccc(Cl)c(C)c1. The first-order valence-corrected chi connectivity index (χ1v) is 7.88. The summed E-state index contributed by atoms with van der Waals surface area (Å²) in [5, 5.41) is 5.85. The van der Waals surface area contributed by atoms with E-state index in [2.05, 4.69) is 16.6 Å². The molecular formula is C19H17ClN2O3. The first-order valence-electron chi connectivity index (χ1n) is 7.50. The zero-order valence-corrected chi connectivity index (χ0v) is 14.4. The van der Waals surface area contributed by atoms with Gasteiger partial charge in [0.25, 0.3) is 11.8 Å². The van der Waals surface area contributed by atoms with Gasteiger partial charge in [0.1, 0.15) is 5.75 Å². The highest BCUT2D eigenvalue weighted by atomic mass is 35.5. The van der Waals surface area contributed by atoms with Crippen LogP contribution in [0.2, 0.25) is 5.02 Å². The Morgan fingerprint density at radius 1 is 1.24 bits per heavy atom. The van der Waals surface area contributed by atoms with Crippen LogP contribution >= 0.6 is 11.6 Å². The standard InChI is InChI=1S/C19H17ClN2O3/c1-3-10-21-19(24)15-6-4-5-7-17(15)22-18(23)12-25-14-8-9-16(20)13(2)11-14/h1,4-9,11H,10,12H2,2H3,(H,21,24)(H,22,23). The van der Waals surface area contributed by atoms with Crippen molar-refractivity contribution in [3.8, 4) is 18.1 Å². The number of terminal acetylenes is 1. The molecule has 0 aliphatic carbocycles. The third kappa shape index (κ3) is 5.27. The van der Waals surface area contributed by atoms with E-state index < -0.39 is 0 Å². The van der Waals surface area contributed by atoms with Crippen LogP contribution in [0.1, 0.15) is 15.9 Å². The molecular weight excluding hydrogens is 340 g/mol. The molecule has 2 amide bonds. The minimum absolute atomic E-state index is 0.111. The molecule has 6 heteroatoms. The molecule has 2 aromatic rings. The van der Waals surface area contributed by atoms with E-state index in [0.29, 0.717) is 22.0 Å². The molecule has 2 rings (SSSR count). The molecule has 0 bridgehead atoms. The predicted octanol–water partition coefficient (Wildman–Crippen LogP) is 3.03. The summed E-state index contributed by atoms with van der Waals surface area (Å²) < 4.78 is 5.44. The molecule has 0 fully saturated rings. The minimum atomic E-state index is -0.384. The quantitative estimate of drug-likeness (QED) is 0.782. The first kappa shape index (κ1) is 18.4. The normalized spacial score (nSPS) is 9.80. The number of halogens is 1. The van der Waals surface area contributed by atoms with Crippen molar-refractivity contribution in [3.05, 3.63) is 58.6 Å². The Kier molecular flexibility index (Phi) is 6.44. The third-order valence-corrected chi connectivity index (χ3v) is 3.72. The highest BCUT2D eigenvalue weighted by Crippen LogP contribution is 2.21. The number of aryl methyl sites for hydroxylation is 1. The molecule has 0 aliphatic rings. The fourth-order valence-corrected chi connectivity index (χ4v) is 2.18. The molecule has 0 unspecified atom stereocenters. The number of ether oxygens (including phenoxy) is 1. The maximum atomic E-state index is 12.1. The largest absolute Gasteiger partial charge is 0.484 e. The number of rotatable bonds is 6. The zero-order chi connectivity index (χ0) is 18.2. The molecule has 0 spiro atoms. The zero-order valence-electron chi connectivity index (χ0n) is 13.6. The van der Waals surface area contributed by atoms with Gasteiger partial charge in [-0.1, -0.05) is 29.7 Å². The van der Waals surface area contributed by atoms with Crippen molar-refractivity contribution in [1.82, 2.24) is 5.32 Å². The molecule has 2 aromatic carbocycles. The summed E-state index contributed by atoms with van der Waals surface area (Å²) in [6.45, 7) is 1.77. The minimum Gasteiger partial charge on any atom is -0.484 e. The van der Waals surface area contributed by atoms with E-state index in [-0.39, 0.29) is 25.0 Å². The second-order valence-electron chi connectivity index (χ2n) is 5.18. The lowest BCUT2D eigenvalue weighted by atomic mass is 10.1. The number of amides is 2. The Balaban J connectivity index is 1.99. The Bertz CT molecular complexity index is 828. The Morgan fingerprint density at radius 3 is 2.72 bits per heavy atom. The van der Waals surface area contributed by atoms with Crippen LogP contribution in [0.5, 0.6) is 5.75 Å². The van der Waals surface area contributed by atoms with Gasteiger partial charge in [-0.3, -0.25) is 9.59 Å². The summed E-state index contributed by atoms with van der Waals surface area (Å²) in [4.78, 5) is 24.2. The van der Waals surface area contributed by atoms with Gasteiger partial charge in [0.2, 0.25) is 0 Å². The number of benzene rings is 2. The third-order valence-electron chi connectivity index (χ3n) is 3.30. The molecule has 2 N–H and O–H groups in total. The summed E-state index contributed by atoms with van der Waals surface area (Å²) in [7, 11) is 0. The number of hydrogen-bond acceptors (Lipinski definition) is 3. The van der Waals surface area contributed by atoms with Gasteiger partial charge >= 0.3 is 0 Å². The van der Waals surface area contributed by atoms with Gasteiger partial charge in [0, 0.05) is 5.02 Å². The topological polar surface area (TPSA) is 67.4 Å². The van der Waals surface area contributed by atoms with E-state index >= 15 is 0 Å². The van der Waals surface area contributed by atoms with Crippen LogP contribution in [0, 0.1) is 19.3 Å². The van der Waals surface area contributed by atoms with Crippen molar-refractivity contribution in [2.24, 2.45) is 0 Å². The Labute approximate surface area is 151 Å². The molecule has 0 atom stereocenters. The van der Waals surface area contributed by atoms with Crippen LogP contribution in [0.25, 0.3) is 0 Å². The van der Waals surface area contributed by atoms with Gasteiger partial charge in [0.05, 0.1) is 17.8 Å². The fraction of sp³-hybridized carbons (Fsp3) is 0.158. The van der Waals surface area contributed by atoms with Gasteiger partial charge in [-0.15, -0.1) is 6.42 Å². The molecule has 0 saturated carbocycles. The average molecular weight is 357 g/mol. The van der Waals surface area contributed by atoms with Crippen LogP contribution < -0.4 is 15.4 Å². The van der Waals surface area contributed by atoms with Crippen molar-refractivity contribution in [3.63, 3.8) is 0 Å². The van der Waals surface area contributed by atoms with E-state index in [1.165, 1.54) is 0 Å². The van der Waals surface area contributed by atoms with Crippen molar-refractivity contribution in [2.45, 2.75) is 6.92 Å². The van der Waals surface area contributed by atoms with E-state index in [4.69, 9.17) is 22.8 Å². The monoisotopic (exact) mass is 356 g/mol. The van der Waals surface area contributed by atoms with Crippen LogP contribution in [-0.4, -0.2) is 25.0 Å². The summed E-state index contributed by atoms with van der Waals surface area (Å²) in [5.41, 5.74) is 1.57. The maximum absolute atomic E-state index is 12.1. The fourth-order valence-electron chi connectivity index (χ4n) is 2.06. The van der Waals surface area contributed by atoms with Crippen LogP contribution in [0.4, 0.5) is 5.69 Å². The molecule has 0 aromatic heterocycles. The Hall–Kier alpha value is -2.97. The highest BCUT2D eigenvalue weighted by Gasteiger charge is 2.13. The smallest absolute Gasteiger partial charge is 0.262 e. The summed E-state index contributed by atoms with van der Waals surface area (Å²) in [5.74, 6) is 2.12. The van der Waals surface area contributed by atoms with Gasteiger partial charge in [-0.25, -0.2) is 0 Å². The van der Waals surface area contributed by atoms with Crippen molar-refractivity contribution < 1.29 is 14.3 Å². The second-order valence-corrected chi connectivity index (χ2v) is 5.59.